The van der Waals surface area contributed by atoms with Gasteiger partial charge in [0.15, 0.2) is 0 Å². The van der Waals surface area contributed by atoms with E-state index in [1.54, 1.807) is 31.2 Å². The minimum atomic E-state index is -3.72. The van der Waals surface area contributed by atoms with Crippen LogP contribution < -0.4 is 10.1 Å². The molecule has 2 aromatic carbocycles. The molecule has 2 aromatic rings. The van der Waals surface area contributed by atoms with Gasteiger partial charge in [-0.05, 0) is 55.9 Å². The molecule has 0 saturated carbocycles. The molecule has 0 aliphatic heterocycles. The summed E-state index contributed by atoms with van der Waals surface area (Å²) in [6, 6.07) is 12.0. The lowest BCUT2D eigenvalue weighted by Crippen LogP contribution is -2.23. The molecule has 1 amide bonds. The van der Waals surface area contributed by atoms with E-state index in [2.05, 4.69) is 24.1 Å². The molecule has 0 spiro atoms. The molecular weight excluding hydrogens is 402 g/mol. The topological polar surface area (TPSA) is 79.0 Å². The zero-order chi connectivity index (χ0) is 22.3. The molecule has 164 valence electrons. The van der Waals surface area contributed by atoms with Gasteiger partial charge < -0.3 is 10.1 Å². The molecular formula is C22H31N3O4S. The van der Waals surface area contributed by atoms with Gasteiger partial charge in [0.25, 0.3) is 5.91 Å². The monoisotopic (exact) mass is 433 g/mol. The molecule has 8 heteroatoms. The molecule has 0 fully saturated rings. The highest BCUT2D eigenvalue weighted by Crippen LogP contribution is 2.29. The fraction of sp³-hybridized carbons (Fsp3) is 0.409. The summed E-state index contributed by atoms with van der Waals surface area (Å²) in [6.07, 6.45) is 0. The standard InChI is InChI=1S/C22H31N3O4S/c1-6-25(7-2)16-17-9-11-18(12-10-17)22(26)23-19-13-14-20(29-8-3)21(15-19)30(27,28)24(4)5/h9-15H,6-8,16H2,1-5H3,(H,23,26). The van der Waals surface area contributed by atoms with Gasteiger partial charge in [-0.2, -0.15) is 0 Å². The van der Waals surface area contributed by atoms with Gasteiger partial charge in [-0.15, -0.1) is 0 Å². The van der Waals surface area contributed by atoms with Gasteiger partial charge >= 0.3 is 0 Å². The van der Waals surface area contributed by atoms with E-state index in [-0.39, 0.29) is 16.6 Å². The number of hydrogen-bond acceptors (Lipinski definition) is 5. The number of amides is 1. The van der Waals surface area contributed by atoms with Crippen LogP contribution in [-0.2, 0) is 16.6 Å². The maximum absolute atomic E-state index is 12.7. The van der Waals surface area contributed by atoms with Gasteiger partial charge in [-0.3, -0.25) is 9.69 Å². The molecule has 0 aliphatic rings. The number of rotatable bonds is 10. The van der Waals surface area contributed by atoms with Crippen LogP contribution in [0.25, 0.3) is 0 Å². The summed E-state index contributed by atoms with van der Waals surface area (Å²) < 4.78 is 31.9. The molecule has 0 radical (unpaired) electrons. The van der Waals surface area contributed by atoms with E-state index < -0.39 is 10.0 Å². The third kappa shape index (κ3) is 5.81. The van der Waals surface area contributed by atoms with Crippen LogP contribution in [-0.4, -0.2) is 57.3 Å². The van der Waals surface area contributed by atoms with Gasteiger partial charge in [-0.1, -0.05) is 26.0 Å². The average Bonchev–Trinajstić information content (AvgIpc) is 2.73. The average molecular weight is 434 g/mol. The van der Waals surface area contributed by atoms with Crippen LogP contribution >= 0.6 is 0 Å². The van der Waals surface area contributed by atoms with Crippen molar-refractivity contribution >= 4 is 21.6 Å². The summed E-state index contributed by atoms with van der Waals surface area (Å²) in [4.78, 5) is 15.0. The minimum absolute atomic E-state index is 0.0155. The SMILES string of the molecule is CCOc1ccc(NC(=O)c2ccc(CN(CC)CC)cc2)cc1S(=O)(=O)N(C)C. The Morgan fingerprint density at radius 1 is 1.00 bits per heavy atom. The molecule has 7 nitrogen and oxygen atoms in total. The van der Waals surface area contributed by atoms with Crippen LogP contribution in [0.3, 0.4) is 0 Å². The zero-order valence-electron chi connectivity index (χ0n) is 18.3. The van der Waals surface area contributed by atoms with E-state index in [0.717, 1.165) is 29.5 Å². The Kier molecular flexibility index (Phi) is 8.40. The Morgan fingerprint density at radius 3 is 2.17 bits per heavy atom. The molecule has 1 N–H and O–H groups in total. The van der Waals surface area contributed by atoms with Crippen molar-refractivity contribution in [2.24, 2.45) is 0 Å². The molecule has 0 aliphatic carbocycles. The second-order valence-electron chi connectivity index (χ2n) is 6.99. The molecule has 0 bridgehead atoms. The summed E-state index contributed by atoms with van der Waals surface area (Å²) >= 11 is 0. The Balaban J connectivity index is 2.22. The summed E-state index contributed by atoms with van der Waals surface area (Å²) in [5.74, 6) is -0.0493. The highest BCUT2D eigenvalue weighted by Gasteiger charge is 2.23. The van der Waals surface area contributed by atoms with Crippen molar-refractivity contribution in [2.45, 2.75) is 32.2 Å². The molecule has 0 heterocycles. The predicted molar refractivity (Wildman–Crippen MR) is 120 cm³/mol. The molecule has 0 atom stereocenters. The maximum Gasteiger partial charge on any atom is 0.255 e. The summed E-state index contributed by atoms with van der Waals surface area (Å²) in [5.41, 5.74) is 2.02. The van der Waals surface area contributed by atoms with E-state index >= 15 is 0 Å². The van der Waals surface area contributed by atoms with Crippen LogP contribution in [0.4, 0.5) is 5.69 Å². The minimum Gasteiger partial charge on any atom is -0.492 e. The second-order valence-corrected chi connectivity index (χ2v) is 9.11. The Labute approximate surface area is 179 Å². The number of ether oxygens (including phenoxy) is 1. The van der Waals surface area contributed by atoms with Crippen molar-refractivity contribution in [3.05, 3.63) is 53.6 Å². The van der Waals surface area contributed by atoms with Gasteiger partial charge in [0, 0.05) is 31.9 Å². The Hall–Kier alpha value is -2.42. The van der Waals surface area contributed by atoms with Gasteiger partial charge in [0.1, 0.15) is 10.6 Å². The van der Waals surface area contributed by atoms with Crippen molar-refractivity contribution in [1.82, 2.24) is 9.21 Å². The van der Waals surface area contributed by atoms with Crippen LogP contribution in [0.15, 0.2) is 47.4 Å². The van der Waals surface area contributed by atoms with Crippen LogP contribution in [0, 0.1) is 0 Å². The number of sulfonamides is 1. The van der Waals surface area contributed by atoms with Crippen LogP contribution in [0.1, 0.15) is 36.7 Å². The summed E-state index contributed by atoms with van der Waals surface area (Å²) in [7, 11) is -0.814. The lowest BCUT2D eigenvalue weighted by molar-refractivity contribution is 0.102. The number of hydrogen-bond donors (Lipinski definition) is 1. The maximum atomic E-state index is 12.7. The van der Waals surface area contributed by atoms with Crippen molar-refractivity contribution in [2.75, 3.05) is 39.1 Å². The third-order valence-corrected chi connectivity index (χ3v) is 6.61. The normalized spacial score (nSPS) is 11.7. The number of anilines is 1. The molecule has 0 aromatic heterocycles. The van der Waals surface area contributed by atoms with Gasteiger partial charge in [-0.25, -0.2) is 12.7 Å². The second kappa shape index (κ2) is 10.6. The van der Waals surface area contributed by atoms with Crippen molar-refractivity contribution in [1.29, 1.82) is 0 Å². The number of nitrogens with zero attached hydrogens (tertiary/aromatic N) is 2. The number of nitrogens with one attached hydrogen (secondary N) is 1. The first-order valence-corrected chi connectivity index (χ1v) is 11.5. The third-order valence-electron chi connectivity index (χ3n) is 4.78. The van der Waals surface area contributed by atoms with E-state index in [0.29, 0.717) is 17.9 Å². The van der Waals surface area contributed by atoms with Crippen molar-refractivity contribution in [3.8, 4) is 5.75 Å². The van der Waals surface area contributed by atoms with E-state index in [1.807, 2.05) is 12.1 Å². The van der Waals surface area contributed by atoms with Crippen molar-refractivity contribution in [3.63, 3.8) is 0 Å². The Morgan fingerprint density at radius 2 is 1.63 bits per heavy atom. The predicted octanol–water partition coefficient (Wildman–Crippen LogP) is 3.43. The molecule has 0 saturated heterocycles. The van der Waals surface area contributed by atoms with Gasteiger partial charge in [0.05, 0.1) is 6.61 Å². The fourth-order valence-electron chi connectivity index (χ4n) is 2.93. The molecule has 0 unspecified atom stereocenters. The largest absolute Gasteiger partial charge is 0.492 e. The van der Waals surface area contributed by atoms with Crippen LogP contribution in [0.2, 0.25) is 0 Å². The lowest BCUT2D eigenvalue weighted by atomic mass is 10.1. The van der Waals surface area contributed by atoms with Crippen molar-refractivity contribution < 1.29 is 17.9 Å². The zero-order valence-corrected chi connectivity index (χ0v) is 19.1. The van der Waals surface area contributed by atoms with E-state index in [1.165, 1.54) is 20.2 Å². The quantitative estimate of drug-likeness (QED) is 0.621. The molecule has 2 rings (SSSR count). The number of carbonyl (C=O) groups is 1. The molecule has 30 heavy (non-hydrogen) atoms. The fourth-order valence-corrected chi connectivity index (χ4v) is 3.98. The van der Waals surface area contributed by atoms with E-state index in [4.69, 9.17) is 4.74 Å². The Bertz CT molecular complexity index is 953. The first-order valence-electron chi connectivity index (χ1n) is 10.0. The number of benzene rings is 2. The van der Waals surface area contributed by atoms with E-state index in [9.17, 15) is 13.2 Å². The highest BCUT2D eigenvalue weighted by molar-refractivity contribution is 7.89. The first kappa shape index (κ1) is 23.9. The lowest BCUT2D eigenvalue weighted by Gasteiger charge is -2.18. The van der Waals surface area contributed by atoms with Crippen LogP contribution in [0.5, 0.6) is 5.75 Å². The smallest absolute Gasteiger partial charge is 0.255 e. The number of carbonyl (C=O) groups excluding carboxylic acids is 1. The summed E-state index contributed by atoms with van der Waals surface area (Å²) in [5, 5.41) is 2.77. The summed E-state index contributed by atoms with van der Waals surface area (Å²) in [6.45, 7) is 9.12. The highest BCUT2D eigenvalue weighted by atomic mass is 32.2. The first-order chi connectivity index (χ1) is 14.2. The van der Waals surface area contributed by atoms with Gasteiger partial charge in [0.2, 0.25) is 10.0 Å².